The van der Waals surface area contributed by atoms with Gasteiger partial charge < -0.3 is 29.6 Å². The number of alkyl halides is 3. The molecule has 0 radical (unpaired) electrons. The number of nitrogens with zero attached hydrogens (tertiary/aromatic N) is 7. The third-order valence-corrected chi connectivity index (χ3v) is 7.63. The largest absolute Gasteiger partial charge is 0.492 e. The molecule has 1 fully saturated rings. The van der Waals surface area contributed by atoms with Gasteiger partial charge in [0.1, 0.15) is 22.9 Å². The minimum atomic E-state index is -4.57. The average molecular weight is 602 g/mol. The number of anilines is 3. The summed E-state index contributed by atoms with van der Waals surface area (Å²) >= 11 is 6.75. The number of hydrogen-bond donors (Lipinski definition) is 2. The standard InChI is InChI=1S/C27H27ClF3N9O2/c1-32-24-22-20(13-35-40(22)8-6-33-24)42-19-12-34-25-23(21(19)28)39(3)26(37-25)36-16-9-15(27(29,30)31)10-18(11-16)41-14-17-5-4-7-38(17)2/h6,8-13,17H,4-5,7,14H2,1-3H3,(H,32,33)(H,34,36,37)/t17-/m1/s1. The van der Waals surface area contributed by atoms with E-state index in [0.717, 1.165) is 31.5 Å². The molecule has 1 aromatic carbocycles. The molecule has 0 amide bonds. The van der Waals surface area contributed by atoms with Gasteiger partial charge in [0.05, 0.1) is 18.0 Å². The van der Waals surface area contributed by atoms with Crippen molar-refractivity contribution in [2.24, 2.45) is 7.05 Å². The number of imidazole rings is 1. The third kappa shape index (κ3) is 5.23. The van der Waals surface area contributed by atoms with E-state index in [-0.39, 0.29) is 39.8 Å². The summed E-state index contributed by atoms with van der Waals surface area (Å²) in [5.41, 5.74) is 0.627. The van der Waals surface area contributed by atoms with Gasteiger partial charge in [0, 0.05) is 44.3 Å². The maximum atomic E-state index is 13.8. The molecule has 0 unspecified atom stereocenters. The summed E-state index contributed by atoms with van der Waals surface area (Å²) < 4.78 is 56.4. The number of halogens is 4. The first-order valence-electron chi connectivity index (χ1n) is 13.1. The van der Waals surface area contributed by atoms with Crippen LogP contribution in [0.15, 0.2) is 43.0 Å². The quantitative estimate of drug-likeness (QED) is 0.230. The summed E-state index contributed by atoms with van der Waals surface area (Å²) in [5, 5.41) is 10.5. The van der Waals surface area contributed by atoms with Crippen molar-refractivity contribution in [2.75, 3.05) is 37.9 Å². The highest BCUT2D eigenvalue weighted by Gasteiger charge is 2.32. The van der Waals surface area contributed by atoms with E-state index in [1.165, 1.54) is 18.5 Å². The minimum absolute atomic E-state index is 0.113. The van der Waals surface area contributed by atoms with Gasteiger partial charge in [0.15, 0.2) is 28.5 Å². The number of aromatic nitrogens is 6. The first kappa shape index (κ1) is 27.8. The lowest BCUT2D eigenvalue weighted by molar-refractivity contribution is -0.137. The van der Waals surface area contributed by atoms with Crippen molar-refractivity contribution in [3.63, 3.8) is 0 Å². The van der Waals surface area contributed by atoms with Crippen LogP contribution in [0.25, 0.3) is 16.7 Å². The van der Waals surface area contributed by atoms with Crippen LogP contribution in [0, 0.1) is 0 Å². The highest BCUT2D eigenvalue weighted by atomic mass is 35.5. The summed E-state index contributed by atoms with van der Waals surface area (Å²) in [6.45, 7) is 1.23. The Bertz CT molecular complexity index is 1770. The van der Waals surface area contributed by atoms with E-state index in [9.17, 15) is 13.2 Å². The number of hydrogen-bond acceptors (Lipinski definition) is 9. The highest BCUT2D eigenvalue weighted by molar-refractivity contribution is 6.36. The molecule has 1 saturated heterocycles. The fourth-order valence-corrected chi connectivity index (χ4v) is 5.32. The van der Waals surface area contributed by atoms with Crippen molar-refractivity contribution >= 4 is 45.7 Å². The van der Waals surface area contributed by atoms with Crippen LogP contribution >= 0.6 is 11.6 Å². The zero-order valence-electron chi connectivity index (χ0n) is 22.9. The van der Waals surface area contributed by atoms with Gasteiger partial charge in [-0.05, 0) is 38.6 Å². The Kier molecular flexibility index (Phi) is 7.19. The molecule has 2 N–H and O–H groups in total. The lowest BCUT2D eigenvalue weighted by Gasteiger charge is -2.20. The van der Waals surface area contributed by atoms with Gasteiger partial charge in [-0.15, -0.1) is 0 Å². The van der Waals surface area contributed by atoms with Crippen LogP contribution < -0.4 is 20.1 Å². The summed E-state index contributed by atoms with van der Waals surface area (Å²) in [7, 11) is 5.39. The van der Waals surface area contributed by atoms with Gasteiger partial charge in [0.25, 0.3) is 0 Å². The summed E-state index contributed by atoms with van der Waals surface area (Å²) in [6, 6.07) is 3.69. The van der Waals surface area contributed by atoms with Gasteiger partial charge in [-0.25, -0.2) is 14.5 Å². The van der Waals surface area contributed by atoms with Crippen LogP contribution in [0.4, 0.5) is 30.6 Å². The maximum absolute atomic E-state index is 13.8. The normalized spacial score (nSPS) is 15.9. The van der Waals surface area contributed by atoms with Crippen molar-refractivity contribution in [2.45, 2.75) is 25.1 Å². The van der Waals surface area contributed by atoms with E-state index in [1.807, 2.05) is 7.05 Å². The summed E-state index contributed by atoms with van der Waals surface area (Å²) in [5.74, 6) is 1.54. The molecule has 0 aliphatic carbocycles. The molecule has 0 saturated carbocycles. The number of aryl methyl sites for hydroxylation is 1. The van der Waals surface area contributed by atoms with Crippen molar-refractivity contribution in [3.05, 3.63) is 53.6 Å². The van der Waals surface area contributed by atoms with Crippen molar-refractivity contribution in [1.82, 2.24) is 34.0 Å². The fraction of sp³-hybridized carbons (Fsp3) is 0.333. The van der Waals surface area contributed by atoms with Crippen LogP contribution in [0.2, 0.25) is 5.02 Å². The topological polar surface area (TPSA) is 107 Å². The second-order valence-corrected chi connectivity index (χ2v) is 10.4. The molecule has 15 heteroatoms. The molecule has 220 valence electrons. The molecule has 11 nitrogen and oxygen atoms in total. The van der Waals surface area contributed by atoms with E-state index in [1.54, 1.807) is 35.6 Å². The highest BCUT2D eigenvalue weighted by Crippen LogP contribution is 2.39. The van der Waals surface area contributed by atoms with Gasteiger partial charge in [-0.1, -0.05) is 11.6 Å². The second kappa shape index (κ2) is 10.8. The molecule has 1 aliphatic heterocycles. The Hall–Kier alpha value is -4.30. The minimum Gasteiger partial charge on any atom is -0.492 e. The second-order valence-electron chi connectivity index (χ2n) is 9.99. The van der Waals surface area contributed by atoms with Gasteiger partial charge >= 0.3 is 6.18 Å². The molecule has 1 aliphatic rings. The Morgan fingerprint density at radius 2 is 1.93 bits per heavy atom. The fourth-order valence-electron chi connectivity index (χ4n) is 5.02. The lowest BCUT2D eigenvalue weighted by atomic mass is 10.1. The molecule has 1 atom stereocenters. The SMILES string of the molecule is CNc1nccn2ncc(Oc3cnc4nc(Nc5cc(OC[C@H]6CCCN6C)cc(C(F)(F)F)c5)n(C)c4c3Cl)c12. The number of likely N-dealkylation sites (N-methyl/N-ethyl adjacent to an activating group) is 1. The Labute approximate surface area is 243 Å². The van der Waals surface area contributed by atoms with Crippen molar-refractivity contribution in [1.29, 1.82) is 0 Å². The molecule has 0 spiro atoms. The summed E-state index contributed by atoms with van der Waals surface area (Å²) in [4.78, 5) is 15.3. The van der Waals surface area contributed by atoms with Crippen LogP contribution in [-0.4, -0.2) is 67.3 Å². The number of fused-ring (bicyclic) bond motifs is 2. The predicted molar refractivity (Wildman–Crippen MR) is 152 cm³/mol. The molecule has 6 rings (SSSR count). The van der Waals surface area contributed by atoms with E-state index in [2.05, 4.69) is 35.6 Å². The number of nitrogens with one attached hydrogen (secondary N) is 2. The average Bonchev–Trinajstić information content (AvgIpc) is 3.65. The van der Waals surface area contributed by atoms with Crippen molar-refractivity contribution < 1.29 is 22.6 Å². The van der Waals surface area contributed by atoms with Crippen LogP contribution in [0.5, 0.6) is 17.2 Å². The number of pyridine rings is 1. The molecule has 42 heavy (non-hydrogen) atoms. The van der Waals surface area contributed by atoms with E-state index >= 15 is 0 Å². The summed E-state index contributed by atoms with van der Waals surface area (Å²) in [6.07, 6.45) is 3.65. The number of likely N-dealkylation sites (tertiary alicyclic amines) is 1. The molecular weight excluding hydrogens is 575 g/mol. The molecule has 0 bridgehead atoms. The smallest absolute Gasteiger partial charge is 0.416 e. The van der Waals surface area contributed by atoms with Gasteiger partial charge in [-0.2, -0.15) is 23.3 Å². The Morgan fingerprint density at radius 1 is 1.10 bits per heavy atom. The van der Waals surface area contributed by atoms with Gasteiger partial charge in [-0.3, -0.25) is 0 Å². The number of ether oxygens (including phenoxy) is 2. The zero-order chi connectivity index (χ0) is 29.6. The number of benzene rings is 1. The first-order chi connectivity index (χ1) is 20.1. The first-order valence-corrected chi connectivity index (χ1v) is 13.5. The molecule has 5 heterocycles. The Morgan fingerprint density at radius 3 is 2.67 bits per heavy atom. The van der Waals surface area contributed by atoms with E-state index < -0.39 is 11.7 Å². The molecule has 4 aromatic heterocycles. The predicted octanol–water partition coefficient (Wildman–Crippen LogP) is 5.73. The third-order valence-electron chi connectivity index (χ3n) is 7.26. The lowest BCUT2D eigenvalue weighted by Crippen LogP contribution is -2.30. The zero-order valence-corrected chi connectivity index (χ0v) is 23.7. The number of rotatable bonds is 8. The van der Waals surface area contributed by atoms with E-state index in [0.29, 0.717) is 29.2 Å². The van der Waals surface area contributed by atoms with Gasteiger partial charge in [0.2, 0.25) is 5.95 Å². The molecule has 5 aromatic rings. The Balaban J connectivity index is 1.30. The van der Waals surface area contributed by atoms with E-state index in [4.69, 9.17) is 21.1 Å². The van der Waals surface area contributed by atoms with Crippen LogP contribution in [0.3, 0.4) is 0 Å². The van der Waals surface area contributed by atoms with Crippen molar-refractivity contribution in [3.8, 4) is 17.2 Å². The maximum Gasteiger partial charge on any atom is 0.416 e. The van der Waals surface area contributed by atoms with Crippen LogP contribution in [0.1, 0.15) is 18.4 Å². The monoisotopic (exact) mass is 601 g/mol. The van der Waals surface area contributed by atoms with Crippen LogP contribution in [-0.2, 0) is 13.2 Å². The molecular formula is C27H27ClF3N9O2.